The molecule has 0 aromatic heterocycles. The second kappa shape index (κ2) is 2.53. The van der Waals surface area contributed by atoms with Gasteiger partial charge in [-0.15, -0.1) is 0 Å². The fourth-order valence-electron chi connectivity index (χ4n) is 0.949. The van der Waals surface area contributed by atoms with Crippen molar-refractivity contribution < 1.29 is 0 Å². The van der Waals surface area contributed by atoms with Gasteiger partial charge in [-0.25, -0.2) is 0 Å². The summed E-state index contributed by atoms with van der Waals surface area (Å²) in [7, 11) is 0. The first-order chi connectivity index (χ1) is 4.79. The molecule has 0 bridgehead atoms. The topological polar surface area (TPSA) is 62.2 Å². The third-order valence-electron chi connectivity index (χ3n) is 1.50. The van der Waals surface area contributed by atoms with Gasteiger partial charge in [0.05, 0.1) is 17.8 Å². The van der Waals surface area contributed by atoms with Crippen LogP contribution >= 0.6 is 0 Å². The van der Waals surface area contributed by atoms with Gasteiger partial charge in [-0.1, -0.05) is 6.92 Å². The average molecular weight is 135 g/mol. The van der Waals surface area contributed by atoms with Crippen LogP contribution in [0.15, 0.2) is 16.3 Å². The number of aliphatic imine (C=N–C) groups is 1. The zero-order valence-electron chi connectivity index (χ0n) is 5.89. The smallest absolute Gasteiger partial charge is 0.103 e. The van der Waals surface area contributed by atoms with Crippen molar-refractivity contribution in [3.8, 4) is 6.07 Å². The van der Waals surface area contributed by atoms with Crippen LogP contribution in [0, 0.1) is 11.3 Å². The van der Waals surface area contributed by atoms with E-state index in [0.717, 1.165) is 12.1 Å². The van der Waals surface area contributed by atoms with E-state index in [1.807, 2.05) is 13.0 Å². The first-order valence-corrected chi connectivity index (χ1v) is 3.22. The van der Waals surface area contributed by atoms with Gasteiger partial charge in [0.15, 0.2) is 0 Å². The maximum atomic E-state index is 8.57. The van der Waals surface area contributed by atoms with Crippen LogP contribution in [-0.4, -0.2) is 12.3 Å². The van der Waals surface area contributed by atoms with E-state index in [1.165, 1.54) is 0 Å². The van der Waals surface area contributed by atoms with Crippen molar-refractivity contribution in [1.29, 1.82) is 5.26 Å². The van der Waals surface area contributed by atoms with Crippen LogP contribution in [0.5, 0.6) is 0 Å². The predicted molar refractivity (Wildman–Crippen MR) is 39.4 cm³/mol. The minimum Gasteiger partial charge on any atom is -0.399 e. The van der Waals surface area contributed by atoms with Crippen molar-refractivity contribution in [2.45, 2.75) is 13.3 Å². The van der Waals surface area contributed by atoms with Crippen molar-refractivity contribution in [3.05, 3.63) is 11.3 Å². The molecule has 0 amide bonds. The predicted octanol–water partition coefficient (Wildman–Crippen LogP) is 0.587. The van der Waals surface area contributed by atoms with Crippen LogP contribution in [0.25, 0.3) is 0 Å². The molecule has 0 unspecified atom stereocenters. The van der Waals surface area contributed by atoms with Crippen molar-refractivity contribution >= 4 is 5.71 Å². The van der Waals surface area contributed by atoms with E-state index < -0.39 is 0 Å². The van der Waals surface area contributed by atoms with Gasteiger partial charge in [0.2, 0.25) is 0 Å². The molecule has 1 rings (SSSR count). The van der Waals surface area contributed by atoms with Crippen LogP contribution < -0.4 is 5.73 Å². The number of nitrogens with zero attached hydrogens (tertiary/aromatic N) is 2. The highest BCUT2D eigenvalue weighted by atomic mass is 14.8. The molecular weight excluding hydrogens is 126 g/mol. The van der Waals surface area contributed by atoms with E-state index in [-0.39, 0.29) is 0 Å². The van der Waals surface area contributed by atoms with Crippen LogP contribution in [-0.2, 0) is 0 Å². The molecule has 10 heavy (non-hydrogen) atoms. The molecule has 0 spiro atoms. The Kier molecular flexibility index (Phi) is 1.72. The Bertz CT molecular complexity index is 242. The molecular formula is C7H9N3. The van der Waals surface area contributed by atoms with Gasteiger partial charge < -0.3 is 5.73 Å². The molecule has 0 aromatic rings. The first kappa shape index (κ1) is 6.81. The van der Waals surface area contributed by atoms with E-state index >= 15 is 0 Å². The van der Waals surface area contributed by atoms with Gasteiger partial charge in [0.1, 0.15) is 6.07 Å². The normalized spacial score (nSPS) is 17.0. The average Bonchev–Trinajstić information content (AvgIpc) is 2.30. The second-order valence-corrected chi connectivity index (χ2v) is 2.13. The van der Waals surface area contributed by atoms with Crippen molar-refractivity contribution in [2.75, 3.05) is 6.54 Å². The SMILES string of the molecule is CCC1=NCC(N)=C1C#N. The number of rotatable bonds is 1. The van der Waals surface area contributed by atoms with E-state index in [1.54, 1.807) is 0 Å². The Hall–Kier alpha value is -1.30. The summed E-state index contributed by atoms with van der Waals surface area (Å²) < 4.78 is 0. The van der Waals surface area contributed by atoms with Crippen LogP contribution in [0.2, 0.25) is 0 Å². The lowest BCUT2D eigenvalue weighted by Gasteiger charge is -1.92. The molecule has 0 atom stereocenters. The molecule has 3 nitrogen and oxygen atoms in total. The minimum atomic E-state index is 0.506. The van der Waals surface area contributed by atoms with Crippen LogP contribution in [0.1, 0.15) is 13.3 Å². The van der Waals surface area contributed by atoms with Crippen molar-refractivity contribution in [3.63, 3.8) is 0 Å². The van der Waals surface area contributed by atoms with E-state index in [4.69, 9.17) is 11.0 Å². The van der Waals surface area contributed by atoms with Crippen molar-refractivity contribution in [1.82, 2.24) is 0 Å². The van der Waals surface area contributed by atoms with Gasteiger partial charge in [-0.05, 0) is 6.42 Å². The van der Waals surface area contributed by atoms with Gasteiger partial charge in [0.25, 0.3) is 0 Å². The fourth-order valence-corrected chi connectivity index (χ4v) is 0.949. The molecule has 2 N–H and O–H groups in total. The van der Waals surface area contributed by atoms with Gasteiger partial charge >= 0.3 is 0 Å². The zero-order chi connectivity index (χ0) is 7.56. The molecule has 3 heteroatoms. The molecule has 0 saturated heterocycles. The van der Waals surface area contributed by atoms with E-state index in [9.17, 15) is 0 Å². The summed E-state index contributed by atoms with van der Waals surface area (Å²) in [5.41, 5.74) is 7.54. The number of hydrogen-bond donors (Lipinski definition) is 1. The highest BCUT2D eigenvalue weighted by molar-refractivity contribution is 6.05. The minimum absolute atomic E-state index is 0.506. The van der Waals surface area contributed by atoms with Gasteiger partial charge in [-0.2, -0.15) is 5.26 Å². The largest absolute Gasteiger partial charge is 0.399 e. The quantitative estimate of drug-likeness (QED) is 0.571. The summed E-state index contributed by atoms with van der Waals surface area (Å²) in [4.78, 5) is 4.08. The molecule has 0 saturated carbocycles. The highest BCUT2D eigenvalue weighted by Gasteiger charge is 2.14. The molecule has 0 aromatic carbocycles. The summed E-state index contributed by atoms with van der Waals surface area (Å²) in [5.74, 6) is 0. The van der Waals surface area contributed by atoms with Gasteiger partial charge in [0, 0.05) is 5.70 Å². The van der Waals surface area contributed by atoms with E-state index in [0.29, 0.717) is 17.8 Å². The Morgan fingerprint density at radius 3 is 2.90 bits per heavy atom. The lowest BCUT2D eigenvalue weighted by Crippen LogP contribution is -2.02. The molecule has 52 valence electrons. The molecule has 1 aliphatic heterocycles. The number of hydrogen-bond acceptors (Lipinski definition) is 3. The summed E-state index contributed by atoms with van der Waals surface area (Å²) in [6.45, 7) is 2.47. The third-order valence-corrected chi connectivity index (χ3v) is 1.50. The first-order valence-electron chi connectivity index (χ1n) is 3.22. The van der Waals surface area contributed by atoms with Crippen LogP contribution in [0.3, 0.4) is 0 Å². The fraction of sp³-hybridized carbons (Fsp3) is 0.429. The standard InChI is InChI=1S/C7H9N3/c1-2-7-5(3-8)6(9)4-10-7/h2,4,9H2,1H3. The van der Waals surface area contributed by atoms with Crippen molar-refractivity contribution in [2.24, 2.45) is 10.7 Å². The third kappa shape index (κ3) is 0.883. The number of nitriles is 1. The summed E-state index contributed by atoms with van der Waals surface area (Å²) >= 11 is 0. The summed E-state index contributed by atoms with van der Waals surface area (Å²) in [6, 6.07) is 2.04. The molecule has 0 radical (unpaired) electrons. The summed E-state index contributed by atoms with van der Waals surface area (Å²) in [6.07, 6.45) is 0.795. The Morgan fingerprint density at radius 1 is 1.80 bits per heavy atom. The van der Waals surface area contributed by atoms with Crippen LogP contribution in [0.4, 0.5) is 0 Å². The Morgan fingerprint density at radius 2 is 2.50 bits per heavy atom. The Labute approximate surface area is 59.9 Å². The molecule has 1 aliphatic rings. The Balaban J connectivity index is 2.93. The second-order valence-electron chi connectivity index (χ2n) is 2.13. The lowest BCUT2D eigenvalue weighted by atomic mass is 10.1. The molecule has 0 aliphatic carbocycles. The number of allylic oxidation sites excluding steroid dienone is 1. The van der Waals surface area contributed by atoms with Gasteiger partial charge in [-0.3, -0.25) is 4.99 Å². The maximum absolute atomic E-state index is 8.57. The summed E-state index contributed by atoms with van der Waals surface area (Å²) in [5, 5.41) is 8.57. The maximum Gasteiger partial charge on any atom is 0.103 e. The molecule has 1 heterocycles. The van der Waals surface area contributed by atoms with E-state index in [2.05, 4.69) is 4.99 Å². The highest BCUT2D eigenvalue weighted by Crippen LogP contribution is 2.11. The lowest BCUT2D eigenvalue weighted by molar-refractivity contribution is 1.13. The number of nitrogens with two attached hydrogens (primary N) is 1. The monoisotopic (exact) mass is 135 g/mol. The zero-order valence-corrected chi connectivity index (χ0v) is 5.89. The molecule has 0 fully saturated rings.